The van der Waals surface area contributed by atoms with Gasteiger partial charge in [-0.15, -0.1) is 0 Å². The van der Waals surface area contributed by atoms with E-state index in [1.807, 2.05) is 0 Å². The van der Waals surface area contributed by atoms with Gasteiger partial charge in [0.25, 0.3) is 0 Å². The molecule has 6 nitrogen and oxygen atoms in total. The third kappa shape index (κ3) is 49.2. The fraction of sp³-hybridized carbons (Fsp3) is 0.667. The average molecular weight is 875 g/mol. The normalized spacial score (nSPS) is 12.9. The maximum atomic E-state index is 12.8. The van der Waals surface area contributed by atoms with Crippen LogP contribution >= 0.6 is 0 Å². The molecule has 0 heterocycles. The number of hydrogen-bond donors (Lipinski definition) is 0. The van der Waals surface area contributed by atoms with E-state index in [1.54, 1.807) is 0 Å². The Kier molecular flexibility index (Phi) is 48.0. The topological polar surface area (TPSA) is 78.9 Å². The largest absolute Gasteiger partial charge is 0.462 e. The predicted octanol–water partition coefficient (Wildman–Crippen LogP) is 17.0. The Bertz CT molecular complexity index is 1280. The Morgan fingerprint density at radius 2 is 0.635 bits per heavy atom. The van der Waals surface area contributed by atoms with Crippen LogP contribution in [0.3, 0.4) is 0 Å². The quantitative estimate of drug-likeness (QED) is 0.0262. The maximum Gasteiger partial charge on any atom is 0.306 e. The molecule has 63 heavy (non-hydrogen) atoms. The highest BCUT2D eigenvalue weighted by molar-refractivity contribution is 5.71. The highest BCUT2D eigenvalue weighted by atomic mass is 16.6. The van der Waals surface area contributed by atoms with Crippen molar-refractivity contribution in [2.45, 2.75) is 232 Å². The second-order valence-corrected chi connectivity index (χ2v) is 16.7. The molecule has 1 atom stereocenters. The van der Waals surface area contributed by atoms with Crippen LogP contribution in [0.4, 0.5) is 0 Å². The van der Waals surface area contributed by atoms with Crippen LogP contribution < -0.4 is 0 Å². The zero-order valence-electron chi connectivity index (χ0n) is 40.8. The molecule has 0 saturated heterocycles. The first kappa shape index (κ1) is 59.3. The van der Waals surface area contributed by atoms with E-state index in [4.69, 9.17) is 14.2 Å². The van der Waals surface area contributed by atoms with Gasteiger partial charge in [-0.1, -0.05) is 195 Å². The number of allylic oxidation sites excluding steroid dienone is 16. The Labute approximate surface area is 387 Å². The van der Waals surface area contributed by atoms with Gasteiger partial charge < -0.3 is 14.2 Å². The lowest BCUT2D eigenvalue weighted by atomic mass is 10.1. The van der Waals surface area contributed by atoms with E-state index in [-0.39, 0.29) is 44.0 Å². The van der Waals surface area contributed by atoms with Gasteiger partial charge in [-0.2, -0.15) is 0 Å². The molecule has 1 unspecified atom stereocenters. The summed E-state index contributed by atoms with van der Waals surface area (Å²) in [5.41, 5.74) is 0. The van der Waals surface area contributed by atoms with Gasteiger partial charge in [-0.05, 0) is 109 Å². The van der Waals surface area contributed by atoms with Crippen molar-refractivity contribution >= 4 is 17.9 Å². The Morgan fingerprint density at radius 3 is 1.06 bits per heavy atom. The van der Waals surface area contributed by atoms with Crippen LogP contribution in [0.25, 0.3) is 0 Å². The van der Waals surface area contributed by atoms with Gasteiger partial charge in [0.05, 0.1) is 0 Å². The lowest BCUT2D eigenvalue weighted by molar-refractivity contribution is -0.167. The van der Waals surface area contributed by atoms with Crippen molar-refractivity contribution in [2.75, 3.05) is 13.2 Å². The Balaban J connectivity index is 4.51. The van der Waals surface area contributed by atoms with Gasteiger partial charge in [0.15, 0.2) is 6.10 Å². The summed E-state index contributed by atoms with van der Waals surface area (Å²) in [4.78, 5) is 37.9. The van der Waals surface area contributed by atoms with Gasteiger partial charge in [0, 0.05) is 19.3 Å². The smallest absolute Gasteiger partial charge is 0.306 e. The fourth-order valence-corrected chi connectivity index (χ4v) is 6.69. The SMILES string of the molecule is CC/C=C\C/C=C\C/C=C\CCCC(=O)OCC(COC(=O)CCC/C=C\C/C=C\C/C=C\C/C=C\CCCCC)OC(=O)CCCCCCCCC/C=C\CCCCCCCC. The summed E-state index contributed by atoms with van der Waals surface area (Å²) in [5.74, 6) is -1.04. The van der Waals surface area contributed by atoms with E-state index < -0.39 is 6.10 Å². The lowest BCUT2D eigenvalue weighted by Gasteiger charge is -2.18. The van der Waals surface area contributed by atoms with Crippen LogP contribution in [0.15, 0.2) is 97.2 Å². The van der Waals surface area contributed by atoms with E-state index in [0.29, 0.717) is 19.3 Å². The molecule has 0 aliphatic rings. The third-order valence-corrected chi connectivity index (χ3v) is 10.5. The van der Waals surface area contributed by atoms with E-state index in [0.717, 1.165) is 70.6 Å². The molecule has 6 heteroatoms. The molecule has 0 amide bonds. The molecule has 0 spiro atoms. The van der Waals surface area contributed by atoms with E-state index in [2.05, 4.69) is 118 Å². The molecule has 358 valence electrons. The molecular formula is C57H94O6. The lowest BCUT2D eigenvalue weighted by Crippen LogP contribution is -2.30. The summed E-state index contributed by atoms with van der Waals surface area (Å²) < 4.78 is 16.7. The summed E-state index contributed by atoms with van der Waals surface area (Å²) in [5, 5.41) is 0. The summed E-state index contributed by atoms with van der Waals surface area (Å²) in [6, 6.07) is 0. The second-order valence-electron chi connectivity index (χ2n) is 16.7. The Morgan fingerprint density at radius 1 is 0.333 bits per heavy atom. The number of esters is 3. The number of ether oxygens (including phenoxy) is 3. The number of hydrogen-bond acceptors (Lipinski definition) is 6. The molecule has 0 N–H and O–H groups in total. The zero-order chi connectivity index (χ0) is 45.8. The van der Waals surface area contributed by atoms with Crippen LogP contribution in [0.1, 0.15) is 226 Å². The first-order chi connectivity index (χ1) is 31.0. The van der Waals surface area contributed by atoms with Crippen LogP contribution in [0.5, 0.6) is 0 Å². The van der Waals surface area contributed by atoms with Crippen LogP contribution in [-0.2, 0) is 28.6 Å². The standard InChI is InChI=1S/C57H94O6/c1-4-7-10-13-16-19-22-24-26-28-30-32-35-38-41-44-47-50-56(59)62-53-54(52-61-55(58)49-46-43-40-37-34-21-18-15-12-9-6-3)63-57(60)51-48-45-42-39-36-33-31-29-27-25-23-20-17-14-11-8-5-2/h9,12,16,18-19,21,24-27,30,32,37-38,40-41,54H,4-8,10-11,13-15,17,20,22-23,28-29,31,33-36,39,42-53H2,1-3H3/b12-9-,19-16-,21-18-,26-24-,27-25-,32-30-,40-37-,41-38-. The molecular weight excluding hydrogens is 781 g/mol. The maximum absolute atomic E-state index is 12.8. The van der Waals surface area contributed by atoms with Crippen molar-refractivity contribution in [3.05, 3.63) is 97.2 Å². The van der Waals surface area contributed by atoms with Crippen molar-refractivity contribution in [1.29, 1.82) is 0 Å². The summed E-state index contributed by atoms with van der Waals surface area (Å²) in [7, 11) is 0. The fourth-order valence-electron chi connectivity index (χ4n) is 6.69. The predicted molar refractivity (Wildman–Crippen MR) is 270 cm³/mol. The van der Waals surface area contributed by atoms with Crippen molar-refractivity contribution in [3.8, 4) is 0 Å². The molecule has 0 aromatic rings. The minimum absolute atomic E-state index is 0.124. The third-order valence-electron chi connectivity index (χ3n) is 10.5. The first-order valence-corrected chi connectivity index (χ1v) is 25.7. The Hall–Kier alpha value is -3.67. The summed E-state index contributed by atoms with van der Waals surface area (Å²) in [6.45, 7) is 6.38. The van der Waals surface area contributed by atoms with Crippen molar-refractivity contribution in [3.63, 3.8) is 0 Å². The number of carbonyl (C=O) groups is 3. The van der Waals surface area contributed by atoms with Gasteiger partial charge >= 0.3 is 17.9 Å². The zero-order valence-corrected chi connectivity index (χ0v) is 40.8. The summed E-state index contributed by atoms with van der Waals surface area (Å²) in [6.07, 6.45) is 66.9. The van der Waals surface area contributed by atoms with Crippen LogP contribution in [-0.4, -0.2) is 37.2 Å². The molecule has 0 fully saturated rings. The van der Waals surface area contributed by atoms with Gasteiger partial charge in [-0.3, -0.25) is 14.4 Å². The molecule has 0 aliphatic heterocycles. The molecule has 0 aromatic heterocycles. The average Bonchev–Trinajstić information content (AvgIpc) is 3.28. The van der Waals surface area contributed by atoms with Crippen LogP contribution in [0, 0.1) is 0 Å². The molecule has 0 aliphatic carbocycles. The van der Waals surface area contributed by atoms with E-state index in [9.17, 15) is 14.4 Å². The summed E-state index contributed by atoms with van der Waals surface area (Å²) >= 11 is 0. The van der Waals surface area contributed by atoms with Crippen molar-refractivity contribution in [2.24, 2.45) is 0 Å². The highest BCUT2D eigenvalue weighted by Crippen LogP contribution is 2.13. The number of carbonyl (C=O) groups excluding carboxylic acids is 3. The monoisotopic (exact) mass is 875 g/mol. The highest BCUT2D eigenvalue weighted by Gasteiger charge is 2.19. The first-order valence-electron chi connectivity index (χ1n) is 25.7. The molecule has 0 saturated carbocycles. The van der Waals surface area contributed by atoms with Gasteiger partial charge in [0.1, 0.15) is 13.2 Å². The minimum atomic E-state index is -0.822. The van der Waals surface area contributed by atoms with E-state index in [1.165, 1.54) is 103 Å². The van der Waals surface area contributed by atoms with Crippen molar-refractivity contribution < 1.29 is 28.6 Å². The van der Waals surface area contributed by atoms with E-state index >= 15 is 0 Å². The van der Waals surface area contributed by atoms with Crippen LogP contribution in [0.2, 0.25) is 0 Å². The second kappa shape index (κ2) is 51.0. The minimum Gasteiger partial charge on any atom is -0.462 e. The molecule has 0 bridgehead atoms. The molecule has 0 rings (SSSR count). The molecule has 0 radical (unpaired) electrons. The number of rotatable bonds is 45. The van der Waals surface area contributed by atoms with Gasteiger partial charge in [-0.25, -0.2) is 0 Å². The molecule has 0 aromatic carbocycles. The van der Waals surface area contributed by atoms with Crippen molar-refractivity contribution in [1.82, 2.24) is 0 Å². The van der Waals surface area contributed by atoms with Gasteiger partial charge in [0.2, 0.25) is 0 Å². The number of unbranched alkanes of at least 4 members (excludes halogenated alkanes) is 18.